The number of aliphatic hydroxyl groups excluding tert-OH is 3. The molecule has 1 aliphatic heterocycles. The van der Waals surface area contributed by atoms with Crippen molar-refractivity contribution >= 4 is 33.4 Å². The van der Waals surface area contributed by atoms with Crippen LogP contribution < -0.4 is 11.4 Å². The Morgan fingerprint density at radius 1 is 0.707 bits per heavy atom. The topological polar surface area (TPSA) is 286 Å². The minimum atomic E-state index is -5.47. The minimum Gasteiger partial charge on any atom is -0.462 e. The summed E-state index contributed by atoms with van der Waals surface area (Å²) in [6, 6.07) is 1.23. The fourth-order valence-electron chi connectivity index (χ4n) is 6.64. The van der Waals surface area contributed by atoms with Crippen LogP contribution in [0, 0.1) is 0 Å². The van der Waals surface area contributed by atoms with Gasteiger partial charge in [-0.05, 0) is 89.5 Å². The molecule has 2 heterocycles. The molecule has 19 nitrogen and oxygen atoms in total. The molecule has 0 saturated carbocycles. The van der Waals surface area contributed by atoms with Crippen LogP contribution in [0.4, 0.5) is 5.82 Å². The van der Waals surface area contributed by atoms with Gasteiger partial charge in [0.25, 0.3) is 0 Å². The Kier molecular flexibility index (Phi) is 35.7. The van der Waals surface area contributed by atoms with E-state index >= 15 is 0 Å². The van der Waals surface area contributed by atoms with Gasteiger partial charge in [-0.3, -0.25) is 23.2 Å². The lowest BCUT2D eigenvalue weighted by atomic mass is 10.1. The largest absolute Gasteiger partial charge is 0.481 e. The van der Waals surface area contributed by atoms with E-state index in [1.807, 2.05) is 72.9 Å². The zero-order chi connectivity index (χ0) is 55.0. The molecule has 2 rings (SSSR count). The number of nitrogens with zero attached hydrogens (tertiary/aromatic N) is 2. The van der Waals surface area contributed by atoms with Crippen molar-refractivity contribution in [2.24, 2.45) is 0 Å². The Labute approximate surface area is 442 Å². The maximum atomic E-state index is 12.9. The van der Waals surface area contributed by atoms with E-state index in [1.165, 1.54) is 6.07 Å². The van der Waals surface area contributed by atoms with Crippen LogP contribution in [-0.4, -0.2) is 96.9 Å². The van der Waals surface area contributed by atoms with Crippen molar-refractivity contribution < 1.29 is 71.4 Å². The lowest BCUT2D eigenvalue weighted by Gasteiger charge is -2.21. The summed E-state index contributed by atoms with van der Waals surface area (Å²) in [5, 5.41) is 30.8. The Balaban J connectivity index is 1.87. The van der Waals surface area contributed by atoms with Gasteiger partial charge in [0, 0.05) is 19.0 Å². The summed E-state index contributed by atoms with van der Waals surface area (Å²) < 4.78 is 56.6. The van der Waals surface area contributed by atoms with Crippen LogP contribution in [0.25, 0.3) is 0 Å². The van der Waals surface area contributed by atoms with Crippen LogP contribution in [0.1, 0.15) is 129 Å². The van der Waals surface area contributed by atoms with E-state index in [1.54, 1.807) is 0 Å². The van der Waals surface area contributed by atoms with E-state index in [9.17, 15) is 48.6 Å². The van der Waals surface area contributed by atoms with E-state index in [0.29, 0.717) is 32.1 Å². The number of hydrogen-bond acceptors (Lipinski definition) is 16. The second-order valence-corrected chi connectivity index (χ2v) is 20.1. The van der Waals surface area contributed by atoms with Gasteiger partial charge in [-0.1, -0.05) is 148 Å². The Hall–Kier alpha value is -4.88. The summed E-state index contributed by atoms with van der Waals surface area (Å²) in [6.07, 6.45) is 44.9. The summed E-state index contributed by atoms with van der Waals surface area (Å²) in [4.78, 5) is 61.9. The summed E-state index contributed by atoms with van der Waals surface area (Å²) >= 11 is 0. The van der Waals surface area contributed by atoms with Gasteiger partial charge in [-0.2, -0.15) is 9.29 Å². The van der Waals surface area contributed by atoms with Crippen molar-refractivity contribution in [3.05, 3.63) is 144 Å². The second kappa shape index (κ2) is 40.4. The number of phosphoric acid groups is 2. The van der Waals surface area contributed by atoms with Crippen molar-refractivity contribution in [2.45, 2.75) is 160 Å². The molecule has 0 spiro atoms. The standard InChI is InChI=1S/C54H81N3O16P2/c1-3-5-7-8-9-10-11-12-13-14-15-16-17-18-22-25-28-31-34-38-49(59)68-42-46(71-50(60)39-35-32-29-26-23-20-19-21-24-27-30-33-37-45(58)36-6-4-2)43-69-74(64,65)73-75(66,67)70-44-47-51(61)52(62)53(72-47)57-41-40-48(55)56-54(57)63/h5,7,9-10,12-13,15-16,18-20,22,24,26-29,31,33,37,40-41,45-47,51-53,58,61-62H,3-4,6,8,11,14,17,21,23,25,30,32,34-36,38-39,42-44H2,1-2H3,(H,64,65)(H,66,67)(H2,55,56,63)/b7-5-,10-9-,13-12-,16-15-,20-19-,22-18-,27-24-,29-26-,31-28-,37-33-/t45-,46-,47-,51-,52-,53-/m1/s1. The number of rotatable bonds is 40. The van der Waals surface area contributed by atoms with Gasteiger partial charge in [0.05, 0.1) is 19.3 Å². The van der Waals surface area contributed by atoms with Crippen molar-refractivity contribution in [3.63, 3.8) is 0 Å². The molecule has 2 unspecified atom stereocenters. The summed E-state index contributed by atoms with van der Waals surface area (Å²) in [5.41, 5.74) is 4.57. The molecule has 1 fully saturated rings. The molecule has 1 aromatic heterocycles. The van der Waals surface area contributed by atoms with Crippen LogP contribution in [0.5, 0.6) is 0 Å². The molecule has 7 N–H and O–H groups in total. The fraction of sp³-hybridized carbons (Fsp3) is 0.519. The first kappa shape index (κ1) is 66.2. The number of allylic oxidation sites excluding steroid dienone is 19. The van der Waals surface area contributed by atoms with E-state index in [2.05, 4.69) is 71.8 Å². The maximum absolute atomic E-state index is 12.9. The average molecular weight is 1090 g/mol. The Morgan fingerprint density at radius 3 is 1.77 bits per heavy atom. The van der Waals surface area contributed by atoms with Crippen LogP contribution in [0.2, 0.25) is 0 Å². The van der Waals surface area contributed by atoms with Gasteiger partial charge in [-0.15, -0.1) is 0 Å². The fourth-order valence-corrected chi connectivity index (χ4v) is 8.75. The molecular formula is C54H81N3O16P2. The van der Waals surface area contributed by atoms with E-state index in [-0.39, 0.29) is 18.7 Å². The van der Waals surface area contributed by atoms with E-state index in [0.717, 1.165) is 75.0 Å². The van der Waals surface area contributed by atoms with Gasteiger partial charge in [0.15, 0.2) is 12.3 Å². The van der Waals surface area contributed by atoms with Gasteiger partial charge in [-0.25, -0.2) is 13.9 Å². The molecule has 1 aromatic rings. The normalized spacial score (nSPS) is 20.2. The molecule has 0 aromatic carbocycles. The minimum absolute atomic E-state index is 0.0258. The van der Waals surface area contributed by atoms with Crippen LogP contribution in [-0.2, 0) is 46.3 Å². The van der Waals surface area contributed by atoms with Gasteiger partial charge >= 0.3 is 33.3 Å². The predicted octanol–water partition coefficient (Wildman–Crippen LogP) is 9.74. The summed E-state index contributed by atoms with van der Waals surface area (Å²) in [6.45, 7) is 1.74. The average Bonchev–Trinajstić information content (AvgIpc) is 3.65. The van der Waals surface area contributed by atoms with Crippen LogP contribution >= 0.6 is 15.6 Å². The highest BCUT2D eigenvalue weighted by Crippen LogP contribution is 2.60. The zero-order valence-corrected chi connectivity index (χ0v) is 45.2. The molecule has 75 heavy (non-hydrogen) atoms. The predicted molar refractivity (Wildman–Crippen MR) is 290 cm³/mol. The Morgan fingerprint density at radius 2 is 1.23 bits per heavy atom. The monoisotopic (exact) mass is 1090 g/mol. The second-order valence-electron chi connectivity index (χ2n) is 17.1. The molecule has 21 heteroatoms. The molecule has 8 atom stereocenters. The first-order chi connectivity index (χ1) is 36.1. The van der Waals surface area contributed by atoms with Crippen molar-refractivity contribution in [1.29, 1.82) is 0 Å². The lowest BCUT2D eigenvalue weighted by Crippen LogP contribution is -2.36. The third-order valence-electron chi connectivity index (χ3n) is 10.6. The highest BCUT2D eigenvalue weighted by Gasteiger charge is 2.46. The van der Waals surface area contributed by atoms with Gasteiger partial charge < -0.3 is 45.1 Å². The van der Waals surface area contributed by atoms with E-state index in [4.69, 9.17) is 29.0 Å². The lowest BCUT2D eigenvalue weighted by molar-refractivity contribution is -0.161. The maximum Gasteiger partial charge on any atom is 0.481 e. The smallest absolute Gasteiger partial charge is 0.462 e. The number of nitrogen functional groups attached to an aromatic ring is 1. The van der Waals surface area contributed by atoms with Crippen molar-refractivity contribution in [1.82, 2.24) is 9.55 Å². The third kappa shape index (κ3) is 33.0. The number of aliphatic hydroxyl groups is 3. The first-order valence-corrected chi connectivity index (χ1v) is 28.6. The molecule has 1 saturated heterocycles. The zero-order valence-electron chi connectivity index (χ0n) is 43.4. The number of ether oxygens (including phenoxy) is 3. The van der Waals surface area contributed by atoms with Crippen molar-refractivity contribution in [3.8, 4) is 0 Å². The number of nitrogens with two attached hydrogens (primary N) is 1. The first-order valence-electron chi connectivity index (χ1n) is 25.6. The van der Waals surface area contributed by atoms with Gasteiger partial charge in [0.2, 0.25) is 0 Å². The number of anilines is 1. The number of hydrogen-bond donors (Lipinski definition) is 6. The van der Waals surface area contributed by atoms with Crippen molar-refractivity contribution in [2.75, 3.05) is 25.6 Å². The number of esters is 2. The number of unbranched alkanes of at least 4 members (excludes halogenated alkanes) is 2. The molecule has 0 amide bonds. The molecule has 418 valence electrons. The SMILES string of the molecule is CC/C=C\C/C=C\C/C=C\C/C=C\C/C=C\C/C=C\CCC(=O)OC[C@H](COP(=O)(O)OP(=O)(O)OC[C@H]1O[C@@H](n2ccc(N)nc2=O)[C@H](O)[C@@H]1O)OC(=O)CCC/C=C\C/C=C\C/C=C\C/C=C\[C@H](O)CCCC. The highest BCUT2D eigenvalue weighted by molar-refractivity contribution is 7.61. The molecule has 0 bridgehead atoms. The summed E-state index contributed by atoms with van der Waals surface area (Å²) in [7, 11) is -10.9. The number of aromatic nitrogens is 2. The van der Waals surface area contributed by atoms with Crippen LogP contribution in [0.15, 0.2) is 139 Å². The Bertz CT molecular complexity index is 2250. The van der Waals surface area contributed by atoms with Crippen LogP contribution in [0.3, 0.4) is 0 Å². The number of carbonyl (C=O) groups is 2. The summed E-state index contributed by atoms with van der Waals surface area (Å²) in [5.74, 6) is -1.51. The molecule has 1 aliphatic rings. The molecular weight excluding hydrogens is 1010 g/mol. The molecule has 0 aliphatic carbocycles. The number of carbonyl (C=O) groups excluding carboxylic acids is 2. The van der Waals surface area contributed by atoms with E-state index < -0.39 is 89.8 Å². The molecule has 0 radical (unpaired) electrons. The van der Waals surface area contributed by atoms with Gasteiger partial charge in [0.1, 0.15) is 30.7 Å². The third-order valence-corrected chi connectivity index (χ3v) is 13.2. The quantitative estimate of drug-likeness (QED) is 0.0154. The number of phosphoric ester groups is 2. The highest BCUT2D eigenvalue weighted by atomic mass is 31.3.